The molecule has 112 valence electrons. The summed E-state index contributed by atoms with van der Waals surface area (Å²) in [4.78, 5) is 15.7. The average molecular weight is 282 g/mol. The number of hydrogen-bond donors (Lipinski definition) is 2. The summed E-state index contributed by atoms with van der Waals surface area (Å²) in [6.45, 7) is 5.20. The monoisotopic (exact) mass is 282 g/mol. The fraction of sp³-hybridized carbons (Fsp3) is 0.692. The van der Waals surface area contributed by atoms with Gasteiger partial charge in [0.15, 0.2) is 0 Å². The van der Waals surface area contributed by atoms with E-state index in [1.54, 1.807) is 11.7 Å². The van der Waals surface area contributed by atoms with E-state index in [4.69, 9.17) is 10.2 Å². The molecule has 0 radical (unpaired) electrons. The van der Waals surface area contributed by atoms with E-state index in [2.05, 4.69) is 14.9 Å². The maximum Gasteiger partial charge on any atom is 0.339 e. The number of nitrogens with zero attached hydrogens (tertiary/aromatic N) is 4. The zero-order chi connectivity index (χ0) is 14.5. The normalized spacial score (nSPS) is 18.1. The Labute approximate surface area is 118 Å². The molecule has 0 amide bonds. The van der Waals surface area contributed by atoms with Gasteiger partial charge < -0.3 is 10.2 Å². The van der Waals surface area contributed by atoms with Gasteiger partial charge in [-0.15, -0.1) is 0 Å². The van der Waals surface area contributed by atoms with Crippen molar-refractivity contribution in [2.24, 2.45) is 7.05 Å². The summed E-state index contributed by atoms with van der Waals surface area (Å²) in [5.41, 5.74) is 1.03. The molecule has 0 aromatic carbocycles. The third-order valence-corrected chi connectivity index (χ3v) is 3.76. The number of carboxylic acid groups (broad SMARTS) is 1. The first-order valence-corrected chi connectivity index (χ1v) is 6.91. The van der Waals surface area contributed by atoms with Crippen LogP contribution < -0.4 is 0 Å². The van der Waals surface area contributed by atoms with E-state index >= 15 is 0 Å². The largest absolute Gasteiger partial charge is 0.478 e. The lowest BCUT2D eigenvalue weighted by Crippen LogP contribution is -2.32. The van der Waals surface area contributed by atoms with E-state index in [1.165, 1.54) is 6.20 Å². The van der Waals surface area contributed by atoms with Crippen LogP contribution in [0, 0.1) is 0 Å². The molecule has 7 nitrogen and oxygen atoms in total. The molecule has 1 aliphatic rings. The lowest BCUT2D eigenvalue weighted by molar-refractivity contribution is 0.0694. The summed E-state index contributed by atoms with van der Waals surface area (Å²) in [5.74, 6) is -0.926. The SMILES string of the molecule is Cn1ncc(C(=O)O)c1CN1CCCN(CCO)CC1. The van der Waals surface area contributed by atoms with Gasteiger partial charge in [0.1, 0.15) is 5.56 Å². The molecule has 0 unspecified atom stereocenters. The number of rotatable bonds is 5. The Kier molecular flexibility index (Phi) is 5.11. The lowest BCUT2D eigenvalue weighted by Gasteiger charge is -2.21. The van der Waals surface area contributed by atoms with Crippen molar-refractivity contribution in [3.05, 3.63) is 17.5 Å². The first-order chi connectivity index (χ1) is 9.61. The van der Waals surface area contributed by atoms with Gasteiger partial charge in [-0.25, -0.2) is 4.79 Å². The van der Waals surface area contributed by atoms with Gasteiger partial charge in [-0.05, 0) is 19.5 Å². The number of aliphatic hydroxyl groups excluding tert-OH is 1. The van der Waals surface area contributed by atoms with Crippen molar-refractivity contribution < 1.29 is 15.0 Å². The van der Waals surface area contributed by atoms with Crippen LogP contribution in [-0.4, -0.2) is 75.1 Å². The van der Waals surface area contributed by atoms with Crippen LogP contribution in [0.5, 0.6) is 0 Å². The van der Waals surface area contributed by atoms with Crippen LogP contribution in [0.4, 0.5) is 0 Å². The van der Waals surface area contributed by atoms with Crippen molar-refractivity contribution in [1.29, 1.82) is 0 Å². The molecule has 1 aromatic rings. The number of hydrogen-bond acceptors (Lipinski definition) is 5. The fourth-order valence-corrected chi connectivity index (χ4v) is 2.59. The van der Waals surface area contributed by atoms with Crippen LogP contribution in [0.25, 0.3) is 0 Å². The van der Waals surface area contributed by atoms with Crippen LogP contribution in [-0.2, 0) is 13.6 Å². The van der Waals surface area contributed by atoms with Crippen LogP contribution in [0.2, 0.25) is 0 Å². The molecule has 7 heteroatoms. The Morgan fingerprint density at radius 1 is 1.30 bits per heavy atom. The van der Waals surface area contributed by atoms with Gasteiger partial charge in [0, 0.05) is 33.2 Å². The van der Waals surface area contributed by atoms with E-state index < -0.39 is 5.97 Å². The molecular weight excluding hydrogens is 260 g/mol. The Bertz CT molecular complexity index is 460. The predicted molar refractivity (Wildman–Crippen MR) is 73.6 cm³/mol. The Hall–Kier alpha value is -1.44. The van der Waals surface area contributed by atoms with Gasteiger partial charge in [-0.3, -0.25) is 14.5 Å². The fourth-order valence-electron chi connectivity index (χ4n) is 2.59. The predicted octanol–water partition coefficient (Wildman–Crippen LogP) is -0.382. The Morgan fingerprint density at radius 3 is 2.70 bits per heavy atom. The molecule has 0 bridgehead atoms. The maximum atomic E-state index is 11.2. The van der Waals surface area contributed by atoms with Gasteiger partial charge in [0.05, 0.1) is 18.5 Å². The molecule has 0 spiro atoms. The second-order valence-electron chi connectivity index (χ2n) is 5.13. The minimum Gasteiger partial charge on any atom is -0.478 e. The standard InChI is InChI=1S/C13H22N4O3/c1-15-12(11(9-14-15)13(19)20)10-17-4-2-3-16(5-6-17)7-8-18/h9,18H,2-8,10H2,1H3,(H,19,20). The summed E-state index contributed by atoms with van der Waals surface area (Å²) < 4.78 is 1.64. The highest BCUT2D eigenvalue weighted by Crippen LogP contribution is 2.13. The van der Waals surface area contributed by atoms with E-state index in [1.807, 2.05) is 0 Å². The van der Waals surface area contributed by atoms with Gasteiger partial charge in [-0.2, -0.15) is 5.10 Å². The third kappa shape index (κ3) is 3.56. The van der Waals surface area contributed by atoms with Crippen molar-refractivity contribution in [2.45, 2.75) is 13.0 Å². The molecule has 0 saturated carbocycles. The zero-order valence-electron chi connectivity index (χ0n) is 11.8. The van der Waals surface area contributed by atoms with Gasteiger partial charge in [0.25, 0.3) is 0 Å². The number of aromatic nitrogens is 2. The number of carbonyl (C=O) groups is 1. The second kappa shape index (κ2) is 6.83. The summed E-state index contributed by atoms with van der Waals surface area (Å²) >= 11 is 0. The highest BCUT2D eigenvalue weighted by Gasteiger charge is 2.20. The van der Waals surface area contributed by atoms with Gasteiger partial charge in [0.2, 0.25) is 0 Å². The molecule has 0 aliphatic carbocycles. The van der Waals surface area contributed by atoms with Crippen LogP contribution in [0.15, 0.2) is 6.20 Å². The van der Waals surface area contributed by atoms with Gasteiger partial charge >= 0.3 is 5.97 Å². The first-order valence-electron chi connectivity index (χ1n) is 6.91. The topological polar surface area (TPSA) is 81.8 Å². The van der Waals surface area contributed by atoms with Crippen LogP contribution in [0.3, 0.4) is 0 Å². The Balaban J connectivity index is 2.00. The minimum atomic E-state index is -0.926. The summed E-state index contributed by atoms with van der Waals surface area (Å²) in [6, 6.07) is 0. The highest BCUT2D eigenvalue weighted by atomic mass is 16.4. The lowest BCUT2D eigenvalue weighted by atomic mass is 10.2. The van der Waals surface area contributed by atoms with E-state index in [0.29, 0.717) is 13.1 Å². The van der Waals surface area contributed by atoms with Crippen LogP contribution in [0.1, 0.15) is 22.5 Å². The number of aryl methyl sites for hydroxylation is 1. The molecule has 2 heterocycles. The number of aliphatic hydroxyl groups is 1. The molecule has 2 rings (SSSR count). The molecule has 20 heavy (non-hydrogen) atoms. The Morgan fingerprint density at radius 2 is 2.00 bits per heavy atom. The molecule has 1 aliphatic heterocycles. The highest BCUT2D eigenvalue weighted by molar-refractivity contribution is 5.88. The van der Waals surface area contributed by atoms with Crippen molar-refractivity contribution >= 4 is 5.97 Å². The molecular formula is C13H22N4O3. The maximum absolute atomic E-state index is 11.2. The molecule has 0 atom stereocenters. The molecule has 1 aromatic heterocycles. The van der Waals surface area contributed by atoms with E-state index in [-0.39, 0.29) is 12.2 Å². The summed E-state index contributed by atoms with van der Waals surface area (Å²) in [5, 5.41) is 22.2. The summed E-state index contributed by atoms with van der Waals surface area (Å²) in [6.07, 6.45) is 2.44. The van der Waals surface area contributed by atoms with Crippen molar-refractivity contribution in [3.8, 4) is 0 Å². The smallest absolute Gasteiger partial charge is 0.339 e. The molecule has 1 fully saturated rings. The quantitative estimate of drug-likeness (QED) is 0.766. The van der Waals surface area contributed by atoms with E-state index in [0.717, 1.165) is 38.3 Å². The first kappa shape index (κ1) is 15.0. The molecule has 1 saturated heterocycles. The number of carboxylic acids is 1. The van der Waals surface area contributed by atoms with Crippen molar-refractivity contribution in [2.75, 3.05) is 39.3 Å². The molecule has 2 N–H and O–H groups in total. The minimum absolute atomic E-state index is 0.185. The number of β-amino-alcohol motifs (C(OH)–C–C–N with tert-alkyl or cyclic N) is 1. The van der Waals surface area contributed by atoms with Crippen molar-refractivity contribution in [3.63, 3.8) is 0 Å². The second-order valence-corrected chi connectivity index (χ2v) is 5.13. The average Bonchev–Trinajstić information content (AvgIpc) is 2.63. The van der Waals surface area contributed by atoms with E-state index in [9.17, 15) is 4.79 Å². The summed E-state index contributed by atoms with van der Waals surface area (Å²) in [7, 11) is 1.78. The van der Waals surface area contributed by atoms with Crippen molar-refractivity contribution in [1.82, 2.24) is 19.6 Å². The van der Waals surface area contributed by atoms with Gasteiger partial charge in [-0.1, -0.05) is 0 Å². The third-order valence-electron chi connectivity index (χ3n) is 3.76. The number of aromatic carboxylic acids is 1. The zero-order valence-corrected chi connectivity index (χ0v) is 11.8. The van der Waals surface area contributed by atoms with Crippen LogP contribution >= 0.6 is 0 Å².